The van der Waals surface area contributed by atoms with Crippen LogP contribution in [0.15, 0.2) is 41.6 Å². The van der Waals surface area contributed by atoms with E-state index in [9.17, 15) is 4.79 Å². The number of nitrogens with zero attached hydrogens (tertiary/aromatic N) is 2. The summed E-state index contributed by atoms with van der Waals surface area (Å²) >= 11 is 0. The number of hydrogen-bond donors (Lipinski definition) is 1. The molecular weight excluding hydrogens is 254 g/mol. The SMILES string of the molecule is Nc1cc(COC2CCC2)cn(-c2cccnc2)c1=O. The maximum absolute atomic E-state index is 12.1. The van der Waals surface area contributed by atoms with Gasteiger partial charge in [0.25, 0.3) is 5.56 Å². The van der Waals surface area contributed by atoms with E-state index >= 15 is 0 Å². The molecule has 2 heterocycles. The second-order valence-corrected chi connectivity index (χ2v) is 5.05. The molecule has 1 aliphatic rings. The molecule has 2 aromatic rings. The molecule has 0 unspecified atom stereocenters. The van der Waals surface area contributed by atoms with Crippen molar-refractivity contribution >= 4 is 5.69 Å². The zero-order chi connectivity index (χ0) is 13.9. The van der Waals surface area contributed by atoms with Crippen LogP contribution in [0.5, 0.6) is 0 Å². The topological polar surface area (TPSA) is 70.1 Å². The summed E-state index contributed by atoms with van der Waals surface area (Å²) in [6, 6.07) is 5.30. The summed E-state index contributed by atoms with van der Waals surface area (Å²) in [6.45, 7) is 0.482. The van der Waals surface area contributed by atoms with Gasteiger partial charge in [-0.2, -0.15) is 0 Å². The number of hydrogen-bond acceptors (Lipinski definition) is 4. The Bertz CT molecular complexity index is 648. The molecule has 0 aromatic carbocycles. The minimum Gasteiger partial charge on any atom is -0.394 e. The van der Waals surface area contributed by atoms with E-state index in [-0.39, 0.29) is 11.2 Å². The van der Waals surface area contributed by atoms with Crippen LogP contribution in [-0.4, -0.2) is 15.7 Å². The summed E-state index contributed by atoms with van der Waals surface area (Å²) in [5.74, 6) is 0. The molecular formula is C15H17N3O2. The van der Waals surface area contributed by atoms with Crippen LogP contribution in [0.2, 0.25) is 0 Å². The second kappa shape index (κ2) is 5.46. The highest BCUT2D eigenvalue weighted by Gasteiger charge is 2.18. The van der Waals surface area contributed by atoms with Gasteiger partial charge in [-0.1, -0.05) is 0 Å². The maximum Gasteiger partial charge on any atom is 0.278 e. The van der Waals surface area contributed by atoms with Gasteiger partial charge in [0.2, 0.25) is 0 Å². The Morgan fingerprint density at radius 1 is 1.45 bits per heavy atom. The molecule has 0 atom stereocenters. The minimum atomic E-state index is -0.231. The Morgan fingerprint density at radius 3 is 2.95 bits per heavy atom. The van der Waals surface area contributed by atoms with Crippen LogP contribution < -0.4 is 11.3 Å². The van der Waals surface area contributed by atoms with E-state index in [4.69, 9.17) is 10.5 Å². The van der Waals surface area contributed by atoms with E-state index in [1.807, 2.05) is 6.07 Å². The molecule has 20 heavy (non-hydrogen) atoms. The molecule has 5 nitrogen and oxygen atoms in total. The zero-order valence-corrected chi connectivity index (χ0v) is 11.2. The van der Waals surface area contributed by atoms with E-state index in [1.54, 1.807) is 30.7 Å². The third kappa shape index (κ3) is 2.58. The first-order chi connectivity index (χ1) is 9.74. The fourth-order valence-corrected chi connectivity index (χ4v) is 2.18. The molecule has 0 amide bonds. The third-order valence-electron chi connectivity index (χ3n) is 3.56. The van der Waals surface area contributed by atoms with Crippen LogP contribution in [0.1, 0.15) is 24.8 Å². The molecule has 0 aliphatic heterocycles. The normalized spacial score (nSPS) is 15.0. The van der Waals surface area contributed by atoms with Crippen LogP contribution in [0.4, 0.5) is 5.69 Å². The quantitative estimate of drug-likeness (QED) is 0.921. The molecule has 0 bridgehead atoms. The first-order valence-electron chi connectivity index (χ1n) is 6.77. The van der Waals surface area contributed by atoms with E-state index in [0.717, 1.165) is 18.4 Å². The van der Waals surface area contributed by atoms with Crippen molar-refractivity contribution in [3.05, 3.63) is 52.7 Å². The molecule has 1 fully saturated rings. The Kier molecular flexibility index (Phi) is 3.52. The van der Waals surface area contributed by atoms with E-state index in [2.05, 4.69) is 4.98 Å². The maximum atomic E-state index is 12.1. The first-order valence-corrected chi connectivity index (χ1v) is 6.77. The summed E-state index contributed by atoms with van der Waals surface area (Å²) < 4.78 is 7.28. The number of nitrogens with two attached hydrogens (primary N) is 1. The number of ether oxygens (including phenoxy) is 1. The average molecular weight is 271 g/mol. The van der Waals surface area contributed by atoms with E-state index in [0.29, 0.717) is 18.4 Å². The van der Waals surface area contributed by atoms with Crippen LogP contribution in [-0.2, 0) is 11.3 Å². The summed E-state index contributed by atoms with van der Waals surface area (Å²) in [5.41, 5.74) is 7.40. The van der Waals surface area contributed by atoms with Crippen molar-refractivity contribution in [2.24, 2.45) is 0 Å². The predicted octanol–water partition coefficient (Wildman–Crippen LogP) is 1.88. The monoisotopic (exact) mass is 271 g/mol. The molecule has 1 aliphatic carbocycles. The van der Waals surface area contributed by atoms with Crippen molar-refractivity contribution in [2.75, 3.05) is 5.73 Å². The fourth-order valence-electron chi connectivity index (χ4n) is 2.18. The largest absolute Gasteiger partial charge is 0.394 e. The van der Waals surface area contributed by atoms with Gasteiger partial charge in [-0.3, -0.25) is 14.3 Å². The highest BCUT2D eigenvalue weighted by Crippen LogP contribution is 2.23. The third-order valence-corrected chi connectivity index (χ3v) is 3.56. The predicted molar refractivity (Wildman–Crippen MR) is 76.7 cm³/mol. The molecule has 3 rings (SSSR count). The highest BCUT2D eigenvalue weighted by molar-refractivity contribution is 5.42. The lowest BCUT2D eigenvalue weighted by molar-refractivity contribution is -0.00881. The Hall–Kier alpha value is -2.14. The van der Waals surface area contributed by atoms with Gasteiger partial charge in [0.05, 0.1) is 30.3 Å². The lowest BCUT2D eigenvalue weighted by atomic mass is 9.96. The highest BCUT2D eigenvalue weighted by atomic mass is 16.5. The Morgan fingerprint density at radius 2 is 2.30 bits per heavy atom. The van der Waals surface area contributed by atoms with Gasteiger partial charge in [0, 0.05) is 12.4 Å². The van der Waals surface area contributed by atoms with Gasteiger partial charge in [-0.25, -0.2) is 0 Å². The number of rotatable bonds is 4. The van der Waals surface area contributed by atoms with Crippen molar-refractivity contribution in [2.45, 2.75) is 32.0 Å². The zero-order valence-electron chi connectivity index (χ0n) is 11.2. The van der Waals surface area contributed by atoms with Gasteiger partial charge in [0.15, 0.2) is 0 Å². The van der Waals surface area contributed by atoms with Crippen molar-refractivity contribution in [1.82, 2.24) is 9.55 Å². The van der Waals surface area contributed by atoms with Gasteiger partial charge in [0.1, 0.15) is 0 Å². The van der Waals surface area contributed by atoms with Crippen LogP contribution in [0.25, 0.3) is 5.69 Å². The summed E-state index contributed by atoms with van der Waals surface area (Å²) in [4.78, 5) is 16.1. The number of pyridine rings is 2. The summed E-state index contributed by atoms with van der Waals surface area (Å²) in [6.07, 6.45) is 8.92. The number of aromatic nitrogens is 2. The standard InChI is InChI=1S/C15H17N3O2/c16-14-7-11(10-20-13-4-1-5-13)9-18(15(14)19)12-3-2-6-17-8-12/h2-3,6-9,13H,1,4-5,10,16H2. The number of nitrogen functional groups attached to an aromatic ring is 1. The molecule has 2 N–H and O–H groups in total. The van der Waals surface area contributed by atoms with Gasteiger partial charge in [-0.05, 0) is 43.0 Å². The van der Waals surface area contributed by atoms with E-state index < -0.39 is 0 Å². The van der Waals surface area contributed by atoms with Gasteiger partial charge in [-0.15, -0.1) is 0 Å². The molecule has 0 radical (unpaired) electrons. The molecule has 2 aromatic heterocycles. The van der Waals surface area contributed by atoms with Crippen LogP contribution >= 0.6 is 0 Å². The summed E-state index contributed by atoms with van der Waals surface area (Å²) in [5, 5.41) is 0. The first kappa shape index (κ1) is 12.9. The molecule has 5 heteroatoms. The molecule has 1 saturated carbocycles. The lowest BCUT2D eigenvalue weighted by Gasteiger charge is -2.25. The molecule has 0 spiro atoms. The van der Waals surface area contributed by atoms with Crippen LogP contribution in [0.3, 0.4) is 0 Å². The van der Waals surface area contributed by atoms with Crippen molar-refractivity contribution < 1.29 is 4.74 Å². The molecule has 104 valence electrons. The second-order valence-electron chi connectivity index (χ2n) is 5.05. The summed E-state index contributed by atoms with van der Waals surface area (Å²) in [7, 11) is 0. The Labute approximate surface area is 117 Å². The Balaban J connectivity index is 1.89. The fraction of sp³-hybridized carbons (Fsp3) is 0.333. The van der Waals surface area contributed by atoms with E-state index in [1.165, 1.54) is 11.0 Å². The van der Waals surface area contributed by atoms with Crippen LogP contribution in [0, 0.1) is 0 Å². The number of anilines is 1. The molecule has 0 saturated heterocycles. The smallest absolute Gasteiger partial charge is 0.278 e. The van der Waals surface area contributed by atoms with Gasteiger partial charge >= 0.3 is 0 Å². The minimum absolute atomic E-state index is 0.226. The van der Waals surface area contributed by atoms with Crippen molar-refractivity contribution in [3.8, 4) is 5.69 Å². The van der Waals surface area contributed by atoms with Crippen molar-refractivity contribution in [1.29, 1.82) is 0 Å². The van der Waals surface area contributed by atoms with Gasteiger partial charge < -0.3 is 10.5 Å². The average Bonchev–Trinajstić information content (AvgIpc) is 2.42. The lowest BCUT2D eigenvalue weighted by Crippen LogP contribution is -2.24. The van der Waals surface area contributed by atoms with Crippen molar-refractivity contribution in [3.63, 3.8) is 0 Å².